The zero-order valence-corrected chi connectivity index (χ0v) is 15.7. The van der Waals surface area contributed by atoms with Crippen LogP contribution >= 0.6 is 11.3 Å². The van der Waals surface area contributed by atoms with Crippen molar-refractivity contribution in [2.45, 2.75) is 47.0 Å². The van der Waals surface area contributed by atoms with Crippen molar-refractivity contribution < 1.29 is 9.90 Å². The largest absolute Gasteiger partial charge is 0.478 e. The Bertz CT molecular complexity index is 727. The van der Waals surface area contributed by atoms with Crippen LogP contribution in [0.25, 0.3) is 12.2 Å². The maximum Gasteiger partial charge on any atom is 0.328 e. The van der Waals surface area contributed by atoms with E-state index in [4.69, 9.17) is 5.11 Å². The molecular formula is C21H26O2S. The monoisotopic (exact) mass is 342 g/mol. The molecule has 1 aliphatic carbocycles. The standard InChI is InChI=1S/C21H26O2S/c1-15(14-20(22)23)7-10-19-17(11-13-24-19)8-9-18-16(2)6-5-12-21(18,3)4/h7-11,13-14H,5-6,12H2,1-4H3,(H,22,23). The molecule has 128 valence electrons. The Morgan fingerprint density at radius 3 is 2.71 bits per heavy atom. The van der Waals surface area contributed by atoms with Gasteiger partial charge in [0.1, 0.15) is 0 Å². The second-order valence-electron chi connectivity index (χ2n) is 7.06. The number of carboxylic acid groups (broad SMARTS) is 1. The SMILES string of the molecule is CC(C=Cc1sccc1C=CC1=C(C)CCCC1(C)C)=CC(=O)O. The summed E-state index contributed by atoms with van der Waals surface area (Å²) in [6.07, 6.45) is 13.2. The Labute approximate surface area is 148 Å². The first kappa shape index (κ1) is 18.5. The number of allylic oxidation sites excluding steroid dienone is 5. The minimum atomic E-state index is -0.912. The molecule has 0 bridgehead atoms. The number of aliphatic carboxylic acids is 1. The molecule has 0 aromatic carbocycles. The average Bonchev–Trinajstić information content (AvgIpc) is 2.90. The van der Waals surface area contributed by atoms with Crippen LogP contribution in [0.4, 0.5) is 0 Å². The van der Waals surface area contributed by atoms with Gasteiger partial charge in [-0.15, -0.1) is 11.3 Å². The van der Waals surface area contributed by atoms with Crippen LogP contribution in [0.15, 0.2) is 46.4 Å². The predicted molar refractivity (Wildman–Crippen MR) is 104 cm³/mol. The van der Waals surface area contributed by atoms with E-state index >= 15 is 0 Å². The summed E-state index contributed by atoms with van der Waals surface area (Å²) in [6, 6.07) is 2.11. The van der Waals surface area contributed by atoms with Crippen LogP contribution in [0, 0.1) is 5.41 Å². The number of thiophene rings is 1. The molecule has 0 spiro atoms. The third kappa shape index (κ3) is 4.81. The molecule has 0 unspecified atom stereocenters. The summed E-state index contributed by atoms with van der Waals surface area (Å²) in [4.78, 5) is 11.8. The number of hydrogen-bond acceptors (Lipinski definition) is 2. The second kappa shape index (κ2) is 7.80. The molecule has 1 N–H and O–H groups in total. The van der Waals surface area contributed by atoms with Gasteiger partial charge in [-0.25, -0.2) is 4.79 Å². The average molecular weight is 343 g/mol. The fraction of sp³-hybridized carbons (Fsp3) is 0.381. The molecule has 0 radical (unpaired) electrons. The summed E-state index contributed by atoms with van der Waals surface area (Å²) < 4.78 is 0. The summed E-state index contributed by atoms with van der Waals surface area (Å²) in [6.45, 7) is 8.69. The number of carbonyl (C=O) groups is 1. The number of rotatable bonds is 5. The van der Waals surface area contributed by atoms with Gasteiger partial charge in [0.2, 0.25) is 0 Å². The molecular weight excluding hydrogens is 316 g/mol. The van der Waals surface area contributed by atoms with Crippen molar-refractivity contribution in [2.75, 3.05) is 0 Å². The van der Waals surface area contributed by atoms with Gasteiger partial charge in [-0.1, -0.05) is 37.6 Å². The fourth-order valence-electron chi connectivity index (χ4n) is 3.24. The molecule has 0 fully saturated rings. The molecule has 0 atom stereocenters. The van der Waals surface area contributed by atoms with Crippen LogP contribution in [-0.4, -0.2) is 11.1 Å². The van der Waals surface area contributed by atoms with Crippen molar-refractivity contribution in [3.05, 3.63) is 56.8 Å². The van der Waals surface area contributed by atoms with Crippen molar-refractivity contribution in [1.82, 2.24) is 0 Å². The smallest absolute Gasteiger partial charge is 0.328 e. The van der Waals surface area contributed by atoms with Crippen LogP contribution in [-0.2, 0) is 4.79 Å². The Hall–Kier alpha value is -1.87. The van der Waals surface area contributed by atoms with Crippen LogP contribution in [0.5, 0.6) is 0 Å². The first-order valence-electron chi connectivity index (χ1n) is 8.35. The predicted octanol–water partition coefficient (Wildman–Crippen LogP) is 6.33. The summed E-state index contributed by atoms with van der Waals surface area (Å²) in [5.74, 6) is -0.912. The first-order chi connectivity index (χ1) is 11.3. The normalized spacial score (nSPS) is 18.8. The third-order valence-electron chi connectivity index (χ3n) is 4.55. The van der Waals surface area contributed by atoms with Crippen molar-refractivity contribution in [1.29, 1.82) is 0 Å². The van der Waals surface area contributed by atoms with Gasteiger partial charge in [-0.2, -0.15) is 0 Å². The minimum absolute atomic E-state index is 0.242. The van der Waals surface area contributed by atoms with E-state index < -0.39 is 5.97 Å². The number of carboxylic acids is 1. The lowest BCUT2D eigenvalue weighted by molar-refractivity contribution is -0.131. The van der Waals surface area contributed by atoms with Crippen LogP contribution < -0.4 is 0 Å². The zero-order chi connectivity index (χ0) is 17.7. The molecule has 3 heteroatoms. The van der Waals surface area contributed by atoms with E-state index in [1.165, 1.54) is 42.0 Å². The molecule has 0 aliphatic heterocycles. The molecule has 1 aliphatic rings. The molecule has 1 aromatic rings. The molecule has 2 rings (SSSR count). The lowest BCUT2D eigenvalue weighted by atomic mass is 9.72. The Morgan fingerprint density at radius 1 is 1.29 bits per heavy atom. The molecule has 2 nitrogen and oxygen atoms in total. The van der Waals surface area contributed by atoms with Gasteiger partial charge in [-0.3, -0.25) is 0 Å². The fourth-order valence-corrected chi connectivity index (χ4v) is 4.02. The van der Waals surface area contributed by atoms with E-state index in [-0.39, 0.29) is 5.41 Å². The quantitative estimate of drug-likeness (QED) is 0.501. The van der Waals surface area contributed by atoms with Crippen molar-refractivity contribution in [3.8, 4) is 0 Å². The Balaban J connectivity index is 2.22. The highest BCUT2D eigenvalue weighted by Gasteiger charge is 2.26. The highest BCUT2D eigenvalue weighted by molar-refractivity contribution is 7.11. The highest BCUT2D eigenvalue weighted by atomic mass is 32.1. The van der Waals surface area contributed by atoms with E-state index in [1.807, 2.05) is 12.2 Å². The Morgan fingerprint density at radius 2 is 2.04 bits per heavy atom. The first-order valence-corrected chi connectivity index (χ1v) is 9.23. The van der Waals surface area contributed by atoms with Crippen LogP contribution in [0.2, 0.25) is 0 Å². The van der Waals surface area contributed by atoms with E-state index in [2.05, 4.69) is 44.4 Å². The summed E-state index contributed by atoms with van der Waals surface area (Å²) in [7, 11) is 0. The van der Waals surface area contributed by atoms with E-state index in [0.717, 1.165) is 10.5 Å². The summed E-state index contributed by atoms with van der Waals surface area (Å²) >= 11 is 1.67. The van der Waals surface area contributed by atoms with Crippen LogP contribution in [0.1, 0.15) is 57.4 Å². The molecule has 1 aromatic heterocycles. The van der Waals surface area contributed by atoms with Crippen molar-refractivity contribution in [2.24, 2.45) is 5.41 Å². The maximum atomic E-state index is 10.7. The lowest BCUT2D eigenvalue weighted by Crippen LogP contribution is -2.18. The van der Waals surface area contributed by atoms with Gasteiger partial charge in [0.05, 0.1) is 0 Å². The topological polar surface area (TPSA) is 37.3 Å². The minimum Gasteiger partial charge on any atom is -0.478 e. The van der Waals surface area contributed by atoms with Crippen LogP contribution in [0.3, 0.4) is 0 Å². The molecule has 1 heterocycles. The van der Waals surface area contributed by atoms with E-state index in [0.29, 0.717) is 0 Å². The van der Waals surface area contributed by atoms with Crippen molar-refractivity contribution in [3.63, 3.8) is 0 Å². The van der Waals surface area contributed by atoms with Gasteiger partial charge in [0.25, 0.3) is 0 Å². The summed E-state index contributed by atoms with van der Waals surface area (Å²) in [5.41, 5.74) is 5.11. The van der Waals surface area contributed by atoms with E-state index in [1.54, 1.807) is 18.3 Å². The summed E-state index contributed by atoms with van der Waals surface area (Å²) in [5, 5.41) is 10.8. The third-order valence-corrected chi connectivity index (χ3v) is 5.45. The highest BCUT2D eigenvalue weighted by Crippen LogP contribution is 2.41. The number of hydrogen-bond donors (Lipinski definition) is 1. The van der Waals surface area contributed by atoms with Gasteiger partial charge < -0.3 is 5.11 Å². The second-order valence-corrected chi connectivity index (χ2v) is 8.01. The van der Waals surface area contributed by atoms with Gasteiger partial charge in [0.15, 0.2) is 0 Å². The van der Waals surface area contributed by atoms with Crippen molar-refractivity contribution >= 4 is 29.5 Å². The molecule has 0 amide bonds. The van der Waals surface area contributed by atoms with Gasteiger partial charge in [-0.05, 0) is 72.8 Å². The molecule has 0 saturated carbocycles. The van der Waals surface area contributed by atoms with Gasteiger partial charge in [0, 0.05) is 11.0 Å². The van der Waals surface area contributed by atoms with Gasteiger partial charge >= 0.3 is 5.97 Å². The maximum absolute atomic E-state index is 10.7. The zero-order valence-electron chi connectivity index (χ0n) is 14.9. The molecule has 0 saturated heterocycles. The lowest BCUT2D eigenvalue weighted by Gasteiger charge is -2.32. The Kier molecular flexibility index (Phi) is 6.00. The molecule has 24 heavy (non-hydrogen) atoms. The van der Waals surface area contributed by atoms with E-state index in [9.17, 15) is 4.79 Å².